The van der Waals surface area contributed by atoms with E-state index in [1.54, 1.807) is 43.5 Å². The first-order valence-electron chi connectivity index (χ1n) is 8.87. The molecule has 1 unspecified atom stereocenters. The van der Waals surface area contributed by atoms with Gasteiger partial charge in [0.15, 0.2) is 0 Å². The number of aliphatic hydroxyl groups is 1. The molecule has 0 saturated carbocycles. The molecule has 27 heavy (non-hydrogen) atoms. The molecule has 2 amide bonds. The van der Waals surface area contributed by atoms with Crippen molar-refractivity contribution in [3.63, 3.8) is 0 Å². The first-order chi connectivity index (χ1) is 13.0. The lowest BCUT2D eigenvalue weighted by molar-refractivity contribution is 0.0579. The molecule has 1 aliphatic rings. The minimum absolute atomic E-state index is 0.171. The van der Waals surface area contributed by atoms with Crippen molar-refractivity contribution in [1.29, 1.82) is 0 Å². The average molecular weight is 369 g/mol. The molecule has 2 aromatic carbocycles. The van der Waals surface area contributed by atoms with Crippen LogP contribution in [0.1, 0.15) is 45.2 Å². The van der Waals surface area contributed by atoms with Crippen LogP contribution in [0.3, 0.4) is 0 Å². The van der Waals surface area contributed by atoms with Crippen LogP contribution in [0.2, 0.25) is 0 Å². The number of hydrogen-bond acceptors (Lipinski definition) is 5. The van der Waals surface area contributed by atoms with E-state index in [1.165, 1.54) is 12.0 Å². The maximum atomic E-state index is 12.8. The lowest BCUT2D eigenvalue weighted by atomic mass is 9.99. The SMILES string of the molecule is CCC(Cc1cc(OC)c(CO)cc1OC)N1C(=O)c2ccccc2C1=O. The zero-order chi connectivity index (χ0) is 19.6. The number of methoxy groups -OCH3 is 2. The van der Waals surface area contributed by atoms with E-state index in [2.05, 4.69) is 0 Å². The van der Waals surface area contributed by atoms with E-state index in [4.69, 9.17) is 9.47 Å². The largest absolute Gasteiger partial charge is 0.496 e. The lowest BCUT2D eigenvalue weighted by Crippen LogP contribution is -2.40. The monoisotopic (exact) mass is 369 g/mol. The van der Waals surface area contributed by atoms with Crippen LogP contribution >= 0.6 is 0 Å². The van der Waals surface area contributed by atoms with Crippen LogP contribution in [-0.2, 0) is 13.0 Å². The number of carbonyl (C=O) groups is 2. The minimum atomic E-state index is -0.309. The molecule has 1 atom stereocenters. The number of rotatable bonds is 7. The third-order valence-electron chi connectivity index (χ3n) is 4.97. The molecule has 1 aliphatic heterocycles. The highest BCUT2D eigenvalue weighted by atomic mass is 16.5. The highest BCUT2D eigenvalue weighted by molar-refractivity contribution is 6.21. The van der Waals surface area contributed by atoms with Crippen LogP contribution in [0.25, 0.3) is 0 Å². The molecule has 1 heterocycles. The van der Waals surface area contributed by atoms with Crippen LogP contribution in [0.4, 0.5) is 0 Å². The van der Waals surface area contributed by atoms with Crippen LogP contribution in [0.5, 0.6) is 11.5 Å². The first-order valence-corrected chi connectivity index (χ1v) is 8.87. The van der Waals surface area contributed by atoms with Crippen LogP contribution in [-0.4, -0.2) is 42.1 Å². The Balaban J connectivity index is 1.95. The highest BCUT2D eigenvalue weighted by Crippen LogP contribution is 2.33. The van der Waals surface area contributed by atoms with Gasteiger partial charge in [-0.1, -0.05) is 19.1 Å². The van der Waals surface area contributed by atoms with Crippen molar-refractivity contribution in [3.8, 4) is 11.5 Å². The normalized spacial score (nSPS) is 14.3. The Kier molecular flexibility index (Phi) is 5.46. The predicted octanol–water partition coefficient (Wildman–Crippen LogP) is 2.81. The molecule has 6 heteroatoms. The standard InChI is InChI=1S/C21H23NO5/c1-4-15(22-20(24)16-7-5-6-8-17(16)21(22)25)9-13-10-19(27-3)14(12-23)11-18(13)26-2/h5-8,10-11,15,23H,4,9,12H2,1-3H3. The third kappa shape index (κ3) is 3.28. The molecule has 0 aliphatic carbocycles. The van der Waals surface area contributed by atoms with Crippen molar-refractivity contribution in [2.75, 3.05) is 14.2 Å². The number of fused-ring (bicyclic) bond motifs is 1. The second kappa shape index (κ2) is 7.80. The van der Waals surface area contributed by atoms with Crippen LogP contribution in [0.15, 0.2) is 36.4 Å². The van der Waals surface area contributed by atoms with E-state index in [9.17, 15) is 14.7 Å². The van der Waals surface area contributed by atoms with Gasteiger partial charge in [-0.2, -0.15) is 0 Å². The smallest absolute Gasteiger partial charge is 0.261 e. The summed E-state index contributed by atoms with van der Waals surface area (Å²) in [6, 6.07) is 10.1. The molecule has 0 spiro atoms. The topological polar surface area (TPSA) is 76.1 Å². The van der Waals surface area contributed by atoms with Crippen molar-refractivity contribution in [3.05, 3.63) is 58.7 Å². The van der Waals surface area contributed by atoms with Gasteiger partial charge >= 0.3 is 0 Å². The number of hydrogen-bond donors (Lipinski definition) is 1. The molecule has 0 radical (unpaired) electrons. The van der Waals surface area contributed by atoms with Gasteiger partial charge in [-0.15, -0.1) is 0 Å². The Hall–Kier alpha value is -2.86. The lowest BCUT2D eigenvalue weighted by Gasteiger charge is -2.26. The maximum absolute atomic E-state index is 12.8. The first kappa shape index (κ1) is 18.9. The molecule has 0 fully saturated rings. The molecule has 142 valence electrons. The zero-order valence-electron chi connectivity index (χ0n) is 15.7. The summed E-state index contributed by atoms with van der Waals surface area (Å²) in [4.78, 5) is 26.9. The number of carbonyl (C=O) groups excluding carboxylic acids is 2. The molecule has 2 aromatic rings. The molecular weight excluding hydrogens is 346 g/mol. The van der Waals surface area contributed by atoms with E-state index in [-0.39, 0.29) is 24.5 Å². The fourth-order valence-electron chi connectivity index (χ4n) is 3.52. The van der Waals surface area contributed by atoms with Gasteiger partial charge in [-0.3, -0.25) is 14.5 Å². The molecular formula is C21H23NO5. The summed E-state index contributed by atoms with van der Waals surface area (Å²) in [5.74, 6) is 0.612. The van der Waals surface area contributed by atoms with E-state index < -0.39 is 0 Å². The second-order valence-electron chi connectivity index (χ2n) is 6.43. The van der Waals surface area contributed by atoms with E-state index in [1.807, 2.05) is 6.92 Å². The summed E-state index contributed by atoms with van der Waals surface area (Å²) in [6.45, 7) is 1.77. The summed E-state index contributed by atoms with van der Waals surface area (Å²) in [5.41, 5.74) is 2.32. The van der Waals surface area contributed by atoms with E-state index in [0.717, 1.165) is 5.56 Å². The van der Waals surface area contributed by atoms with E-state index >= 15 is 0 Å². The van der Waals surface area contributed by atoms with Crippen LogP contribution < -0.4 is 9.47 Å². The summed E-state index contributed by atoms with van der Waals surface area (Å²) < 4.78 is 10.8. The van der Waals surface area contributed by atoms with Crippen molar-refractivity contribution in [1.82, 2.24) is 4.90 Å². The fourth-order valence-corrected chi connectivity index (χ4v) is 3.52. The zero-order valence-corrected chi connectivity index (χ0v) is 15.7. The van der Waals surface area contributed by atoms with Gasteiger partial charge in [-0.25, -0.2) is 0 Å². The Morgan fingerprint density at radius 2 is 1.48 bits per heavy atom. The molecule has 3 rings (SSSR count). The predicted molar refractivity (Wildman–Crippen MR) is 100 cm³/mol. The highest BCUT2D eigenvalue weighted by Gasteiger charge is 2.39. The second-order valence-corrected chi connectivity index (χ2v) is 6.43. The van der Waals surface area contributed by atoms with Gasteiger partial charge < -0.3 is 14.6 Å². The quantitative estimate of drug-likeness (QED) is 0.760. The number of aliphatic hydroxyl groups excluding tert-OH is 1. The Labute approximate surface area is 158 Å². The van der Waals surface area contributed by atoms with Crippen molar-refractivity contribution in [2.24, 2.45) is 0 Å². The molecule has 1 N–H and O–H groups in total. The molecule has 0 saturated heterocycles. The third-order valence-corrected chi connectivity index (χ3v) is 4.97. The molecule has 0 aromatic heterocycles. The van der Waals surface area contributed by atoms with E-state index in [0.29, 0.717) is 41.0 Å². The summed E-state index contributed by atoms with van der Waals surface area (Å²) in [6.07, 6.45) is 1.05. The number of nitrogens with zero attached hydrogens (tertiary/aromatic N) is 1. The maximum Gasteiger partial charge on any atom is 0.261 e. The van der Waals surface area contributed by atoms with Gasteiger partial charge in [0.1, 0.15) is 11.5 Å². The van der Waals surface area contributed by atoms with Crippen molar-refractivity contribution in [2.45, 2.75) is 32.4 Å². The van der Waals surface area contributed by atoms with Crippen LogP contribution in [0, 0.1) is 0 Å². The van der Waals surface area contributed by atoms with Gasteiger partial charge in [0.05, 0.1) is 32.0 Å². The van der Waals surface area contributed by atoms with Gasteiger partial charge in [0.25, 0.3) is 11.8 Å². The van der Waals surface area contributed by atoms with Crippen molar-refractivity contribution < 1.29 is 24.2 Å². The molecule has 6 nitrogen and oxygen atoms in total. The Morgan fingerprint density at radius 1 is 0.963 bits per heavy atom. The number of imide groups is 1. The fraction of sp³-hybridized carbons (Fsp3) is 0.333. The summed E-state index contributed by atoms with van der Waals surface area (Å²) in [7, 11) is 3.08. The summed E-state index contributed by atoms with van der Waals surface area (Å²) in [5, 5.41) is 9.50. The van der Waals surface area contributed by atoms with Gasteiger partial charge in [0, 0.05) is 11.6 Å². The van der Waals surface area contributed by atoms with Gasteiger partial charge in [-0.05, 0) is 42.7 Å². The Bertz CT molecular complexity index is 842. The average Bonchev–Trinajstić information content (AvgIpc) is 2.96. The number of amides is 2. The minimum Gasteiger partial charge on any atom is -0.496 e. The number of ether oxygens (including phenoxy) is 2. The Morgan fingerprint density at radius 3 is 1.96 bits per heavy atom. The van der Waals surface area contributed by atoms with Gasteiger partial charge in [0.2, 0.25) is 0 Å². The van der Waals surface area contributed by atoms with Crippen molar-refractivity contribution >= 4 is 11.8 Å². The summed E-state index contributed by atoms with van der Waals surface area (Å²) >= 11 is 0. The number of benzene rings is 2. The molecule has 0 bridgehead atoms.